The second-order valence-electron chi connectivity index (χ2n) is 6.36. The van der Waals surface area contributed by atoms with Gasteiger partial charge < -0.3 is 5.32 Å². The van der Waals surface area contributed by atoms with Gasteiger partial charge in [0.1, 0.15) is 0 Å². The third-order valence-electron chi connectivity index (χ3n) is 4.52. The average molecular weight is 300 g/mol. The van der Waals surface area contributed by atoms with Gasteiger partial charge in [-0.3, -0.25) is 0 Å². The highest BCUT2D eigenvalue weighted by atomic mass is 32.1. The minimum Gasteiger partial charge on any atom is -0.313 e. The molecule has 21 heavy (non-hydrogen) atoms. The fourth-order valence-electron chi connectivity index (χ4n) is 2.75. The van der Waals surface area contributed by atoms with Crippen molar-refractivity contribution in [3.05, 3.63) is 40.7 Å². The van der Waals surface area contributed by atoms with Crippen molar-refractivity contribution in [3.8, 4) is 11.3 Å². The van der Waals surface area contributed by atoms with Crippen LogP contribution in [0.2, 0.25) is 0 Å². The monoisotopic (exact) mass is 300 g/mol. The molecule has 0 radical (unpaired) electrons. The Kier molecular flexibility index (Phi) is 4.41. The Morgan fingerprint density at radius 2 is 2.05 bits per heavy atom. The van der Waals surface area contributed by atoms with Crippen molar-refractivity contribution in [2.75, 3.05) is 6.54 Å². The Bertz CT molecular complexity index is 572. The molecule has 1 heterocycles. The molecule has 1 aliphatic carbocycles. The zero-order valence-corrected chi connectivity index (χ0v) is 13.7. The van der Waals surface area contributed by atoms with E-state index in [0.717, 1.165) is 18.7 Å². The fraction of sp³-hybridized carbons (Fsp3) is 0.500. The standard InChI is InChI=1S/C18H24N2S/c1-3-11-19-16(18(2)9-10-18)12-17-20-15(13-21-17)14-7-5-4-6-8-14/h4-8,13,16,19H,3,9-12H2,1-2H3. The van der Waals surface area contributed by atoms with E-state index >= 15 is 0 Å². The summed E-state index contributed by atoms with van der Waals surface area (Å²) in [6.45, 7) is 5.75. The summed E-state index contributed by atoms with van der Waals surface area (Å²) in [6, 6.07) is 11.0. The van der Waals surface area contributed by atoms with Gasteiger partial charge in [0.05, 0.1) is 10.7 Å². The van der Waals surface area contributed by atoms with Gasteiger partial charge in [-0.1, -0.05) is 44.2 Å². The van der Waals surface area contributed by atoms with Crippen LogP contribution >= 0.6 is 11.3 Å². The predicted molar refractivity (Wildman–Crippen MR) is 90.7 cm³/mol. The van der Waals surface area contributed by atoms with Crippen LogP contribution in [0.25, 0.3) is 11.3 Å². The first kappa shape index (κ1) is 14.7. The molecule has 0 saturated heterocycles. The third-order valence-corrected chi connectivity index (χ3v) is 5.39. The van der Waals surface area contributed by atoms with E-state index in [1.165, 1.54) is 29.8 Å². The largest absolute Gasteiger partial charge is 0.313 e. The summed E-state index contributed by atoms with van der Waals surface area (Å²) in [6.07, 6.45) is 4.96. The molecule has 1 atom stereocenters. The molecule has 2 nitrogen and oxygen atoms in total. The number of nitrogens with one attached hydrogen (secondary N) is 1. The first-order chi connectivity index (χ1) is 10.2. The molecule has 0 spiro atoms. The molecular formula is C18H24N2S. The highest BCUT2D eigenvalue weighted by molar-refractivity contribution is 7.09. The fourth-order valence-corrected chi connectivity index (χ4v) is 3.60. The summed E-state index contributed by atoms with van der Waals surface area (Å²) in [5, 5.41) is 7.19. The first-order valence-corrected chi connectivity index (χ1v) is 8.82. The number of nitrogens with zero attached hydrogens (tertiary/aromatic N) is 1. The number of rotatable bonds is 7. The maximum Gasteiger partial charge on any atom is 0.0948 e. The Hall–Kier alpha value is -1.19. The zero-order valence-electron chi connectivity index (χ0n) is 12.9. The first-order valence-electron chi connectivity index (χ1n) is 7.94. The smallest absolute Gasteiger partial charge is 0.0948 e. The van der Waals surface area contributed by atoms with Crippen molar-refractivity contribution in [1.29, 1.82) is 0 Å². The van der Waals surface area contributed by atoms with Crippen molar-refractivity contribution >= 4 is 11.3 Å². The van der Waals surface area contributed by atoms with Gasteiger partial charge in [-0.05, 0) is 31.2 Å². The Morgan fingerprint density at radius 3 is 2.71 bits per heavy atom. The van der Waals surface area contributed by atoms with Gasteiger partial charge in [0.25, 0.3) is 0 Å². The second-order valence-corrected chi connectivity index (χ2v) is 7.30. The Labute approximate surface area is 131 Å². The Balaban J connectivity index is 1.70. The van der Waals surface area contributed by atoms with E-state index in [1.54, 1.807) is 11.3 Å². The van der Waals surface area contributed by atoms with E-state index < -0.39 is 0 Å². The van der Waals surface area contributed by atoms with Crippen LogP contribution < -0.4 is 5.32 Å². The van der Waals surface area contributed by atoms with Crippen LogP contribution in [-0.2, 0) is 6.42 Å². The predicted octanol–water partition coefficient (Wildman–Crippen LogP) is 4.52. The van der Waals surface area contributed by atoms with Crippen LogP contribution in [0.15, 0.2) is 35.7 Å². The van der Waals surface area contributed by atoms with Gasteiger partial charge in [0, 0.05) is 23.4 Å². The number of thiazole rings is 1. The van der Waals surface area contributed by atoms with Gasteiger partial charge in [0.15, 0.2) is 0 Å². The SMILES string of the molecule is CCCNC(Cc1nc(-c2ccccc2)cs1)C1(C)CC1. The number of hydrogen-bond donors (Lipinski definition) is 1. The van der Waals surface area contributed by atoms with Crippen LogP contribution in [-0.4, -0.2) is 17.6 Å². The molecule has 1 aliphatic rings. The lowest BCUT2D eigenvalue weighted by Gasteiger charge is -2.24. The molecule has 0 amide bonds. The molecule has 1 N–H and O–H groups in total. The molecule has 1 aromatic carbocycles. The summed E-state index contributed by atoms with van der Waals surface area (Å²) >= 11 is 1.80. The molecule has 1 unspecified atom stereocenters. The van der Waals surface area contributed by atoms with Crippen LogP contribution in [0.5, 0.6) is 0 Å². The van der Waals surface area contributed by atoms with Crippen molar-refractivity contribution in [2.24, 2.45) is 5.41 Å². The van der Waals surface area contributed by atoms with Crippen LogP contribution in [0.1, 0.15) is 38.1 Å². The lowest BCUT2D eigenvalue weighted by atomic mass is 9.96. The molecule has 112 valence electrons. The van der Waals surface area contributed by atoms with Crippen LogP contribution in [0, 0.1) is 5.41 Å². The van der Waals surface area contributed by atoms with Crippen molar-refractivity contribution in [2.45, 2.75) is 45.6 Å². The molecule has 1 aromatic heterocycles. The van der Waals surface area contributed by atoms with Crippen molar-refractivity contribution in [3.63, 3.8) is 0 Å². The molecule has 2 aromatic rings. The summed E-state index contributed by atoms with van der Waals surface area (Å²) in [5.41, 5.74) is 2.83. The normalized spacial score (nSPS) is 17.6. The van der Waals surface area contributed by atoms with Crippen LogP contribution in [0.3, 0.4) is 0 Å². The van der Waals surface area contributed by atoms with E-state index in [-0.39, 0.29) is 0 Å². The number of aromatic nitrogens is 1. The highest BCUT2D eigenvalue weighted by Gasteiger charge is 2.44. The Morgan fingerprint density at radius 1 is 1.29 bits per heavy atom. The molecule has 1 saturated carbocycles. The molecule has 1 fully saturated rings. The zero-order chi connectivity index (χ0) is 14.7. The van der Waals surface area contributed by atoms with Crippen molar-refractivity contribution in [1.82, 2.24) is 10.3 Å². The third kappa shape index (κ3) is 3.53. The van der Waals surface area contributed by atoms with E-state index in [0.29, 0.717) is 11.5 Å². The minimum absolute atomic E-state index is 0.494. The van der Waals surface area contributed by atoms with Gasteiger partial charge >= 0.3 is 0 Å². The summed E-state index contributed by atoms with van der Waals surface area (Å²) in [7, 11) is 0. The molecule has 0 aliphatic heterocycles. The van der Waals surface area contributed by atoms with Crippen molar-refractivity contribution < 1.29 is 0 Å². The summed E-state index contributed by atoms with van der Waals surface area (Å²) in [4.78, 5) is 4.85. The highest BCUT2D eigenvalue weighted by Crippen LogP contribution is 2.49. The van der Waals surface area contributed by atoms with Gasteiger partial charge in [-0.2, -0.15) is 0 Å². The number of benzene rings is 1. The summed E-state index contributed by atoms with van der Waals surface area (Å²) < 4.78 is 0. The lowest BCUT2D eigenvalue weighted by Crippen LogP contribution is -2.38. The topological polar surface area (TPSA) is 24.9 Å². The van der Waals surface area contributed by atoms with E-state index in [2.05, 4.69) is 54.9 Å². The van der Waals surface area contributed by atoms with Crippen LogP contribution in [0.4, 0.5) is 0 Å². The molecule has 3 heteroatoms. The lowest BCUT2D eigenvalue weighted by molar-refractivity contribution is 0.354. The van der Waals surface area contributed by atoms with E-state index in [1.807, 2.05) is 0 Å². The van der Waals surface area contributed by atoms with E-state index in [9.17, 15) is 0 Å². The van der Waals surface area contributed by atoms with Gasteiger partial charge in [-0.15, -0.1) is 11.3 Å². The maximum atomic E-state index is 4.85. The molecule has 0 bridgehead atoms. The maximum absolute atomic E-state index is 4.85. The molecule has 3 rings (SSSR count). The average Bonchev–Trinajstić information content (AvgIpc) is 3.09. The molecular weight excluding hydrogens is 276 g/mol. The number of hydrogen-bond acceptors (Lipinski definition) is 3. The quantitative estimate of drug-likeness (QED) is 0.813. The minimum atomic E-state index is 0.494. The second kappa shape index (κ2) is 6.29. The van der Waals surface area contributed by atoms with E-state index in [4.69, 9.17) is 4.98 Å². The summed E-state index contributed by atoms with van der Waals surface area (Å²) in [5.74, 6) is 0. The van der Waals surface area contributed by atoms with Gasteiger partial charge in [-0.25, -0.2) is 4.98 Å². The van der Waals surface area contributed by atoms with Gasteiger partial charge in [0.2, 0.25) is 0 Å².